The molecule has 0 saturated carbocycles. The maximum Gasteiger partial charge on any atom is 0.272 e. The lowest BCUT2D eigenvalue weighted by Crippen LogP contribution is -2.37. The highest BCUT2D eigenvalue weighted by atomic mass is 16.6. The second-order valence-corrected chi connectivity index (χ2v) is 7.43. The molecule has 1 aliphatic rings. The molecule has 0 spiro atoms. The molecule has 25 heavy (non-hydrogen) atoms. The molecule has 2 heterocycles. The van der Waals surface area contributed by atoms with Crippen LogP contribution in [0.5, 0.6) is 0 Å². The SMILES string of the molecule is Cc1cc(C(=O)N2CCc3c(cnn3C(C)(C)C)C2)ccc1[N+](=O)[O-]. The molecule has 7 heteroatoms. The first-order valence-electron chi connectivity index (χ1n) is 8.29. The number of benzene rings is 1. The summed E-state index contributed by atoms with van der Waals surface area (Å²) in [5.41, 5.74) is 3.16. The van der Waals surface area contributed by atoms with Gasteiger partial charge in [0, 0.05) is 48.0 Å². The maximum atomic E-state index is 12.8. The van der Waals surface area contributed by atoms with Crippen molar-refractivity contribution in [1.29, 1.82) is 0 Å². The Morgan fingerprint density at radius 1 is 1.32 bits per heavy atom. The Morgan fingerprint density at radius 2 is 2.04 bits per heavy atom. The molecule has 0 fully saturated rings. The average molecular weight is 342 g/mol. The van der Waals surface area contributed by atoms with Crippen molar-refractivity contribution in [3.8, 4) is 0 Å². The zero-order valence-electron chi connectivity index (χ0n) is 14.9. The molecule has 7 nitrogen and oxygen atoms in total. The molecule has 2 aromatic rings. The summed E-state index contributed by atoms with van der Waals surface area (Å²) < 4.78 is 2.03. The number of fused-ring (bicyclic) bond motifs is 1. The van der Waals surface area contributed by atoms with Gasteiger partial charge in [0.1, 0.15) is 0 Å². The first-order valence-corrected chi connectivity index (χ1v) is 8.29. The van der Waals surface area contributed by atoms with Crippen molar-refractivity contribution in [2.75, 3.05) is 6.54 Å². The number of hydrogen-bond acceptors (Lipinski definition) is 4. The standard InChI is InChI=1S/C18H22N4O3/c1-12-9-13(5-6-15(12)22(24)25)17(23)20-8-7-16-14(11-20)10-19-21(16)18(2,3)4/h5-6,9-10H,7-8,11H2,1-4H3. The third kappa shape index (κ3) is 3.14. The highest BCUT2D eigenvalue weighted by Gasteiger charge is 2.28. The third-order valence-electron chi connectivity index (χ3n) is 4.50. The molecule has 0 N–H and O–H groups in total. The summed E-state index contributed by atoms with van der Waals surface area (Å²) in [6.07, 6.45) is 2.59. The van der Waals surface area contributed by atoms with Gasteiger partial charge in [0.15, 0.2) is 0 Å². The summed E-state index contributed by atoms with van der Waals surface area (Å²) >= 11 is 0. The lowest BCUT2D eigenvalue weighted by atomic mass is 10.0. The van der Waals surface area contributed by atoms with Crippen molar-refractivity contribution in [3.05, 3.63) is 56.9 Å². The molecule has 1 aliphatic heterocycles. The van der Waals surface area contributed by atoms with Crippen molar-refractivity contribution in [1.82, 2.24) is 14.7 Å². The van der Waals surface area contributed by atoms with Crippen molar-refractivity contribution in [2.24, 2.45) is 0 Å². The molecule has 0 radical (unpaired) electrons. The van der Waals surface area contributed by atoms with E-state index in [-0.39, 0.29) is 17.1 Å². The van der Waals surface area contributed by atoms with Crippen molar-refractivity contribution < 1.29 is 9.72 Å². The molecule has 0 aliphatic carbocycles. The number of carbonyl (C=O) groups is 1. The largest absolute Gasteiger partial charge is 0.334 e. The van der Waals surface area contributed by atoms with E-state index in [0.29, 0.717) is 24.2 Å². The Kier molecular flexibility index (Phi) is 4.10. The van der Waals surface area contributed by atoms with E-state index in [0.717, 1.165) is 12.0 Å². The number of nitro benzene ring substituents is 1. The van der Waals surface area contributed by atoms with Crippen LogP contribution in [0.15, 0.2) is 24.4 Å². The molecule has 1 amide bonds. The molecule has 3 rings (SSSR count). The van der Waals surface area contributed by atoms with Crippen LogP contribution < -0.4 is 0 Å². The monoisotopic (exact) mass is 342 g/mol. The first-order chi connectivity index (χ1) is 11.7. The average Bonchev–Trinajstić information content (AvgIpc) is 2.96. The van der Waals surface area contributed by atoms with Gasteiger partial charge in [-0.15, -0.1) is 0 Å². The predicted molar refractivity (Wildman–Crippen MR) is 93.5 cm³/mol. The minimum absolute atomic E-state index is 0.0314. The fraction of sp³-hybridized carbons (Fsp3) is 0.444. The van der Waals surface area contributed by atoms with Crippen LogP contribution in [0.25, 0.3) is 0 Å². The second-order valence-electron chi connectivity index (χ2n) is 7.43. The second kappa shape index (κ2) is 5.98. The number of carbonyl (C=O) groups excluding carboxylic acids is 1. The Morgan fingerprint density at radius 3 is 2.64 bits per heavy atom. The summed E-state index contributed by atoms with van der Waals surface area (Å²) in [6.45, 7) is 9.10. The van der Waals surface area contributed by atoms with E-state index < -0.39 is 4.92 Å². The van der Waals surface area contributed by atoms with Crippen LogP contribution in [0, 0.1) is 17.0 Å². The summed E-state index contributed by atoms with van der Waals surface area (Å²) in [4.78, 5) is 25.0. The highest BCUT2D eigenvalue weighted by Crippen LogP contribution is 2.26. The van der Waals surface area contributed by atoms with Crippen LogP contribution in [0.3, 0.4) is 0 Å². The Bertz CT molecular complexity index is 848. The minimum atomic E-state index is -0.433. The quantitative estimate of drug-likeness (QED) is 0.620. The normalized spacial score (nSPS) is 14.3. The fourth-order valence-electron chi connectivity index (χ4n) is 3.26. The smallest absolute Gasteiger partial charge is 0.272 e. The van der Waals surface area contributed by atoms with E-state index in [9.17, 15) is 14.9 Å². The van der Waals surface area contributed by atoms with Crippen LogP contribution in [-0.4, -0.2) is 32.1 Å². The van der Waals surface area contributed by atoms with E-state index in [1.54, 1.807) is 17.9 Å². The number of aromatic nitrogens is 2. The lowest BCUT2D eigenvalue weighted by molar-refractivity contribution is -0.385. The lowest BCUT2D eigenvalue weighted by Gasteiger charge is -2.30. The van der Waals surface area contributed by atoms with Gasteiger partial charge in [0.05, 0.1) is 16.7 Å². The number of amides is 1. The van der Waals surface area contributed by atoms with Crippen LogP contribution >= 0.6 is 0 Å². The summed E-state index contributed by atoms with van der Waals surface area (Å²) in [7, 11) is 0. The zero-order chi connectivity index (χ0) is 18.4. The van der Waals surface area contributed by atoms with Gasteiger partial charge in [-0.05, 0) is 39.8 Å². The third-order valence-corrected chi connectivity index (χ3v) is 4.50. The summed E-state index contributed by atoms with van der Waals surface area (Å²) in [5.74, 6) is -0.104. The van der Waals surface area contributed by atoms with Gasteiger partial charge in [-0.3, -0.25) is 19.6 Å². The predicted octanol–water partition coefficient (Wildman–Crippen LogP) is 3.05. The van der Waals surface area contributed by atoms with Gasteiger partial charge in [-0.25, -0.2) is 0 Å². The number of rotatable bonds is 2. The number of aryl methyl sites for hydroxylation is 1. The van der Waals surface area contributed by atoms with Crippen molar-refractivity contribution >= 4 is 11.6 Å². The van der Waals surface area contributed by atoms with Gasteiger partial charge in [-0.1, -0.05) is 0 Å². The Hall–Kier alpha value is -2.70. The van der Waals surface area contributed by atoms with Gasteiger partial charge >= 0.3 is 0 Å². The van der Waals surface area contributed by atoms with Gasteiger partial charge in [0.25, 0.3) is 11.6 Å². The van der Waals surface area contributed by atoms with E-state index in [1.807, 2.05) is 10.9 Å². The molecule has 1 aromatic heterocycles. The van der Waals surface area contributed by atoms with Gasteiger partial charge in [0.2, 0.25) is 0 Å². The van der Waals surface area contributed by atoms with Crippen LogP contribution in [0.2, 0.25) is 0 Å². The van der Waals surface area contributed by atoms with Crippen molar-refractivity contribution in [2.45, 2.75) is 46.2 Å². The first kappa shape index (κ1) is 17.1. The number of hydrogen-bond donors (Lipinski definition) is 0. The Labute approximate surface area is 146 Å². The molecular formula is C18H22N4O3. The molecule has 132 valence electrons. The van der Waals surface area contributed by atoms with Crippen molar-refractivity contribution in [3.63, 3.8) is 0 Å². The summed E-state index contributed by atoms with van der Waals surface area (Å²) in [6, 6.07) is 4.52. The summed E-state index contributed by atoms with van der Waals surface area (Å²) in [5, 5.41) is 15.4. The van der Waals surface area contributed by atoms with Gasteiger partial charge in [-0.2, -0.15) is 5.10 Å². The molecule has 0 unspecified atom stereocenters. The van der Waals surface area contributed by atoms with E-state index in [4.69, 9.17) is 0 Å². The molecule has 0 atom stereocenters. The van der Waals surface area contributed by atoms with Crippen LogP contribution in [0.4, 0.5) is 5.69 Å². The minimum Gasteiger partial charge on any atom is -0.334 e. The highest BCUT2D eigenvalue weighted by molar-refractivity contribution is 5.94. The van der Waals surface area contributed by atoms with Gasteiger partial charge < -0.3 is 4.90 Å². The van der Waals surface area contributed by atoms with Crippen LogP contribution in [0.1, 0.15) is 48.0 Å². The zero-order valence-corrected chi connectivity index (χ0v) is 14.9. The number of nitrogens with zero attached hydrogens (tertiary/aromatic N) is 4. The fourth-order valence-corrected chi connectivity index (χ4v) is 3.26. The maximum absolute atomic E-state index is 12.8. The molecular weight excluding hydrogens is 320 g/mol. The topological polar surface area (TPSA) is 81.3 Å². The van der Waals surface area contributed by atoms with E-state index >= 15 is 0 Å². The van der Waals surface area contributed by atoms with Crippen LogP contribution in [-0.2, 0) is 18.5 Å². The Balaban J connectivity index is 1.83. The van der Waals surface area contributed by atoms with E-state index in [2.05, 4.69) is 25.9 Å². The molecule has 1 aromatic carbocycles. The molecule has 0 saturated heterocycles. The molecule has 0 bridgehead atoms. The number of nitro groups is 1. The van der Waals surface area contributed by atoms with E-state index in [1.165, 1.54) is 17.8 Å².